The van der Waals surface area contributed by atoms with Gasteiger partial charge in [-0.3, -0.25) is 0 Å². The molecule has 98 valence electrons. The summed E-state index contributed by atoms with van der Waals surface area (Å²) in [7, 11) is 0. The average Bonchev–Trinajstić information content (AvgIpc) is 2.85. The molecule has 2 nitrogen and oxygen atoms in total. The van der Waals surface area contributed by atoms with E-state index in [2.05, 4.69) is 6.07 Å². The zero-order chi connectivity index (χ0) is 13.4. The van der Waals surface area contributed by atoms with Gasteiger partial charge in [-0.25, -0.2) is 0 Å². The Morgan fingerprint density at radius 1 is 1.26 bits per heavy atom. The van der Waals surface area contributed by atoms with Crippen LogP contribution in [0.15, 0.2) is 42.5 Å². The number of fused-ring (bicyclic) bond motifs is 1. The maximum Gasteiger partial charge on any atom is 0.122 e. The molecule has 0 aromatic heterocycles. The Balaban J connectivity index is 1.93. The van der Waals surface area contributed by atoms with Crippen LogP contribution in [0.3, 0.4) is 0 Å². The van der Waals surface area contributed by atoms with Crippen LogP contribution in [-0.4, -0.2) is 6.61 Å². The van der Waals surface area contributed by atoms with Crippen molar-refractivity contribution in [3.8, 4) is 5.75 Å². The first kappa shape index (κ1) is 12.5. The quantitative estimate of drug-likeness (QED) is 0.903. The van der Waals surface area contributed by atoms with Crippen LogP contribution in [0.4, 0.5) is 0 Å². The van der Waals surface area contributed by atoms with Crippen LogP contribution in [0.2, 0.25) is 5.02 Å². The summed E-state index contributed by atoms with van der Waals surface area (Å²) in [5, 5.41) is 0.764. The van der Waals surface area contributed by atoms with Crippen molar-refractivity contribution >= 4 is 11.6 Å². The summed E-state index contributed by atoms with van der Waals surface area (Å²) in [6, 6.07) is 14.0. The molecule has 1 heterocycles. The number of nitrogens with two attached hydrogens (primary N) is 1. The summed E-state index contributed by atoms with van der Waals surface area (Å²) in [5.74, 6) is 1.14. The summed E-state index contributed by atoms with van der Waals surface area (Å²) >= 11 is 6.18. The second-order valence-electron chi connectivity index (χ2n) is 4.99. The minimum absolute atomic E-state index is 0.0956. The molecule has 1 aliphatic heterocycles. The third-order valence-electron chi connectivity index (χ3n) is 3.75. The van der Waals surface area contributed by atoms with Crippen molar-refractivity contribution in [2.24, 2.45) is 5.73 Å². The average molecular weight is 274 g/mol. The molecule has 0 aliphatic carbocycles. The highest BCUT2D eigenvalue weighted by molar-refractivity contribution is 6.31. The minimum atomic E-state index is -0.0956. The van der Waals surface area contributed by atoms with Crippen molar-refractivity contribution in [2.75, 3.05) is 6.61 Å². The van der Waals surface area contributed by atoms with Gasteiger partial charge in [-0.15, -0.1) is 0 Å². The summed E-state index contributed by atoms with van der Waals surface area (Å²) in [4.78, 5) is 0. The van der Waals surface area contributed by atoms with Crippen LogP contribution in [0.25, 0.3) is 0 Å². The van der Waals surface area contributed by atoms with E-state index in [9.17, 15) is 0 Å². The van der Waals surface area contributed by atoms with Gasteiger partial charge in [-0.1, -0.05) is 41.9 Å². The molecule has 0 radical (unpaired) electrons. The fourth-order valence-corrected chi connectivity index (χ4v) is 2.72. The molecule has 0 spiro atoms. The first-order chi connectivity index (χ1) is 9.16. The van der Waals surface area contributed by atoms with Crippen LogP contribution in [0, 0.1) is 6.92 Å². The standard InChI is InChI=1S/C16H16ClNO/c1-10-6-7-11(8-14(10)17)16(18)13-9-19-15-5-3-2-4-12(13)15/h2-8,13,16H,9,18H2,1H3. The van der Waals surface area contributed by atoms with Gasteiger partial charge in [0.2, 0.25) is 0 Å². The van der Waals surface area contributed by atoms with Gasteiger partial charge in [0.1, 0.15) is 5.75 Å². The SMILES string of the molecule is Cc1ccc(C(N)C2COc3ccccc32)cc1Cl. The highest BCUT2D eigenvalue weighted by atomic mass is 35.5. The summed E-state index contributed by atoms with van der Waals surface area (Å²) in [6.45, 7) is 2.62. The van der Waals surface area contributed by atoms with E-state index < -0.39 is 0 Å². The van der Waals surface area contributed by atoms with Crippen LogP contribution in [0.5, 0.6) is 5.75 Å². The number of benzene rings is 2. The lowest BCUT2D eigenvalue weighted by atomic mass is 9.89. The lowest BCUT2D eigenvalue weighted by Crippen LogP contribution is -2.21. The highest BCUT2D eigenvalue weighted by Gasteiger charge is 2.30. The van der Waals surface area contributed by atoms with Gasteiger partial charge in [0.05, 0.1) is 6.61 Å². The van der Waals surface area contributed by atoms with E-state index in [4.69, 9.17) is 22.1 Å². The van der Waals surface area contributed by atoms with Gasteiger partial charge in [0, 0.05) is 22.5 Å². The third kappa shape index (κ3) is 2.22. The Hall–Kier alpha value is -1.51. The lowest BCUT2D eigenvalue weighted by Gasteiger charge is -2.19. The van der Waals surface area contributed by atoms with E-state index in [0.717, 1.165) is 21.9 Å². The predicted octanol–water partition coefficient (Wildman–Crippen LogP) is 3.82. The summed E-state index contributed by atoms with van der Waals surface area (Å²) in [5.41, 5.74) is 9.71. The molecule has 19 heavy (non-hydrogen) atoms. The maximum atomic E-state index is 6.40. The predicted molar refractivity (Wildman–Crippen MR) is 77.8 cm³/mol. The zero-order valence-electron chi connectivity index (χ0n) is 10.8. The van der Waals surface area contributed by atoms with E-state index in [-0.39, 0.29) is 12.0 Å². The fourth-order valence-electron chi connectivity index (χ4n) is 2.53. The number of aryl methyl sites for hydroxylation is 1. The van der Waals surface area contributed by atoms with Gasteiger partial charge < -0.3 is 10.5 Å². The first-order valence-corrected chi connectivity index (χ1v) is 6.78. The Morgan fingerprint density at radius 3 is 2.84 bits per heavy atom. The normalized spacial score (nSPS) is 18.8. The summed E-state index contributed by atoms with van der Waals surface area (Å²) < 4.78 is 5.69. The highest BCUT2D eigenvalue weighted by Crippen LogP contribution is 2.40. The number of hydrogen-bond donors (Lipinski definition) is 1. The second-order valence-corrected chi connectivity index (χ2v) is 5.40. The maximum absolute atomic E-state index is 6.40. The topological polar surface area (TPSA) is 35.2 Å². The molecule has 2 N–H and O–H groups in total. The van der Waals surface area contributed by atoms with Gasteiger partial charge in [-0.05, 0) is 30.2 Å². The van der Waals surface area contributed by atoms with Crippen molar-refractivity contribution in [1.29, 1.82) is 0 Å². The van der Waals surface area contributed by atoms with Gasteiger partial charge in [-0.2, -0.15) is 0 Å². The lowest BCUT2D eigenvalue weighted by molar-refractivity contribution is 0.315. The first-order valence-electron chi connectivity index (χ1n) is 6.40. The molecule has 2 aromatic carbocycles. The van der Waals surface area contributed by atoms with Crippen molar-refractivity contribution < 1.29 is 4.74 Å². The van der Waals surface area contributed by atoms with Crippen molar-refractivity contribution in [3.05, 3.63) is 64.2 Å². The molecule has 0 fully saturated rings. The Bertz CT molecular complexity index is 611. The van der Waals surface area contributed by atoms with Crippen molar-refractivity contribution in [3.63, 3.8) is 0 Å². The number of ether oxygens (including phenoxy) is 1. The van der Waals surface area contributed by atoms with Crippen LogP contribution < -0.4 is 10.5 Å². The van der Waals surface area contributed by atoms with E-state index in [0.29, 0.717) is 6.61 Å². The molecule has 0 saturated heterocycles. The number of hydrogen-bond acceptors (Lipinski definition) is 2. The smallest absolute Gasteiger partial charge is 0.122 e. The Morgan fingerprint density at radius 2 is 2.05 bits per heavy atom. The minimum Gasteiger partial charge on any atom is -0.493 e. The molecule has 1 aliphatic rings. The molecule has 2 atom stereocenters. The molecule has 0 saturated carbocycles. The molecular formula is C16H16ClNO. The fraction of sp³-hybridized carbons (Fsp3) is 0.250. The number of halogens is 1. The third-order valence-corrected chi connectivity index (χ3v) is 4.16. The Labute approximate surface area is 118 Å². The Kier molecular flexibility index (Phi) is 3.21. The van der Waals surface area contributed by atoms with Crippen molar-refractivity contribution in [1.82, 2.24) is 0 Å². The molecule has 2 unspecified atom stereocenters. The van der Waals surface area contributed by atoms with Crippen LogP contribution >= 0.6 is 11.6 Å². The molecule has 0 amide bonds. The van der Waals surface area contributed by atoms with Gasteiger partial charge in [0.25, 0.3) is 0 Å². The number of rotatable bonds is 2. The van der Waals surface area contributed by atoms with E-state index >= 15 is 0 Å². The number of para-hydroxylation sites is 1. The molecule has 3 rings (SSSR count). The monoisotopic (exact) mass is 273 g/mol. The second kappa shape index (κ2) is 4.87. The van der Waals surface area contributed by atoms with Gasteiger partial charge >= 0.3 is 0 Å². The van der Waals surface area contributed by atoms with E-state index in [1.54, 1.807) is 0 Å². The van der Waals surface area contributed by atoms with Crippen LogP contribution in [-0.2, 0) is 0 Å². The molecule has 2 aromatic rings. The van der Waals surface area contributed by atoms with Crippen LogP contribution in [0.1, 0.15) is 28.7 Å². The molecule has 3 heteroatoms. The van der Waals surface area contributed by atoms with Crippen molar-refractivity contribution in [2.45, 2.75) is 18.9 Å². The van der Waals surface area contributed by atoms with E-state index in [1.807, 2.05) is 43.3 Å². The zero-order valence-corrected chi connectivity index (χ0v) is 11.5. The van der Waals surface area contributed by atoms with Gasteiger partial charge in [0.15, 0.2) is 0 Å². The molecular weight excluding hydrogens is 258 g/mol. The summed E-state index contributed by atoms with van der Waals surface area (Å²) in [6.07, 6.45) is 0. The molecule has 0 bridgehead atoms. The largest absolute Gasteiger partial charge is 0.493 e. The van der Waals surface area contributed by atoms with E-state index in [1.165, 1.54) is 5.56 Å².